The van der Waals surface area contributed by atoms with E-state index in [-0.39, 0.29) is 12.1 Å². The van der Waals surface area contributed by atoms with Gasteiger partial charge in [0.1, 0.15) is 5.75 Å². The van der Waals surface area contributed by atoms with Crippen LogP contribution in [0.2, 0.25) is 0 Å². The average Bonchev–Trinajstić information content (AvgIpc) is 2.54. The van der Waals surface area contributed by atoms with Crippen molar-refractivity contribution in [1.82, 2.24) is 9.80 Å². The molecule has 2 rings (SSSR count). The molecule has 1 heterocycles. The van der Waals surface area contributed by atoms with Crippen molar-refractivity contribution in [2.75, 3.05) is 39.1 Å². The van der Waals surface area contributed by atoms with Crippen LogP contribution in [-0.4, -0.2) is 55.7 Å². The molecule has 0 aliphatic carbocycles. The number of hydrogen-bond donors (Lipinski definition) is 1. The van der Waals surface area contributed by atoms with Gasteiger partial charge in [-0.3, -0.25) is 0 Å². The van der Waals surface area contributed by atoms with E-state index in [1.807, 2.05) is 36.2 Å². The number of methoxy groups -OCH3 is 1. The Morgan fingerprint density at radius 1 is 1.50 bits per heavy atom. The molecule has 22 heavy (non-hydrogen) atoms. The number of anilines is 1. The van der Waals surface area contributed by atoms with Gasteiger partial charge in [0.25, 0.3) is 0 Å². The number of nitrogens with zero attached hydrogens (tertiary/aromatic N) is 2. The molecule has 1 saturated heterocycles. The molecule has 0 aromatic heterocycles. The molecular formula is C17H27N3O2. The van der Waals surface area contributed by atoms with Crippen LogP contribution in [0.1, 0.15) is 20.3 Å². The van der Waals surface area contributed by atoms with E-state index in [0.717, 1.165) is 37.5 Å². The zero-order chi connectivity index (χ0) is 16.1. The summed E-state index contributed by atoms with van der Waals surface area (Å²) in [7, 11) is 3.51. The lowest BCUT2D eigenvalue weighted by Gasteiger charge is -2.40. The van der Waals surface area contributed by atoms with Crippen LogP contribution in [0, 0.1) is 5.92 Å². The van der Waals surface area contributed by atoms with Crippen LogP contribution in [0.15, 0.2) is 24.3 Å². The Morgan fingerprint density at radius 2 is 2.27 bits per heavy atom. The molecule has 5 nitrogen and oxygen atoms in total. The van der Waals surface area contributed by atoms with Gasteiger partial charge in [0, 0.05) is 37.9 Å². The maximum Gasteiger partial charge on any atom is 0.321 e. The van der Waals surface area contributed by atoms with Crippen LogP contribution < -0.4 is 10.1 Å². The molecule has 1 fully saturated rings. The van der Waals surface area contributed by atoms with Crippen molar-refractivity contribution in [3.63, 3.8) is 0 Å². The van der Waals surface area contributed by atoms with Gasteiger partial charge in [-0.15, -0.1) is 0 Å². The minimum atomic E-state index is -0.0601. The van der Waals surface area contributed by atoms with Gasteiger partial charge in [-0.05, 0) is 31.0 Å². The number of ether oxygens (including phenoxy) is 1. The smallest absolute Gasteiger partial charge is 0.321 e. The molecule has 0 bridgehead atoms. The highest BCUT2D eigenvalue weighted by Crippen LogP contribution is 2.22. The lowest BCUT2D eigenvalue weighted by atomic mass is 9.93. The van der Waals surface area contributed by atoms with Crippen LogP contribution in [0.5, 0.6) is 5.75 Å². The summed E-state index contributed by atoms with van der Waals surface area (Å²) in [6.07, 6.45) is 1.02. The van der Waals surface area contributed by atoms with Gasteiger partial charge in [0.2, 0.25) is 0 Å². The molecule has 122 valence electrons. The fraction of sp³-hybridized carbons (Fsp3) is 0.588. The van der Waals surface area contributed by atoms with Crippen molar-refractivity contribution in [2.45, 2.75) is 26.3 Å². The first kappa shape index (κ1) is 16.6. The lowest BCUT2D eigenvalue weighted by Crippen LogP contribution is -2.51. The van der Waals surface area contributed by atoms with Crippen molar-refractivity contribution in [1.29, 1.82) is 0 Å². The molecule has 2 unspecified atom stereocenters. The Bertz CT molecular complexity index is 506. The summed E-state index contributed by atoms with van der Waals surface area (Å²) in [5.41, 5.74) is 0.759. The van der Waals surface area contributed by atoms with Crippen molar-refractivity contribution in [3.8, 4) is 5.75 Å². The molecule has 5 heteroatoms. The van der Waals surface area contributed by atoms with Gasteiger partial charge >= 0.3 is 6.03 Å². The topological polar surface area (TPSA) is 44.8 Å². The molecule has 2 atom stereocenters. The number of carbonyl (C=O) groups is 1. The first-order valence-corrected chi connectivity index (χ1v) is 7.95. The maximum atomic E-state index is 12.5. The average molecular weight is 305 g/mol. The van der Waals surface area contributed by atoms with Gasteiger partial charge < -0.3 is 19.9 Å². The highest BCUT2D eigenvalue weighted by Gasteiger charge is 2.30. The Hall–Kier alpha value is -1.75. The normalized spacial score (nSPS) is 22.2. The van der Waals surface area contributed by atoms with Crippen molar-refractivity contribution in [3.05, 3.63) is 24.3 Å². The maximum absolute atomic E-state index is 12.5. The number of benzene rings is 1. The summed E-state index contributed by atoms with van der Waals surface area (Å²) in [5.74, 6) is 1.22. The first-order valence-electron chi connectivity index (χ1n) is 7.95. The summed E-state index contributed by atoms with van der Waals surface area (Å²) >= 11 is 0. The van der Waals surface area contributed by atoms with Gasteiger partial charge in [0.05, 0.1) is 7.11 Å². The second kappa shape index (κ2) is 7.49. The van der Waals surface area contributed by atoms with Gasteiger partial charge in [0.15, 0.2) is 0 Å². The fourth-order valence-electron chi connectivity index (χ4n) is 3.15. The van der Waals surface area contributed by atoms with Crippen LogP contribution in [0.4, 0.5) is 10.5 Å². The van der Waals surface area contributed by atoms with Gasteiger partial charge in [-0.1, -0.05) is 19.9 Å². The predicted octanol–water partition coefficient (Wildman–Crippen LogP) is 2.89. The SMILES string of the molecule is CCN1CCC(N(C)C(=O)Nc2cccc(OC)c2)C(C)C1. The standard InChI is InChI=1S/C17H27N3O2/c1-5-20-10-9-16(13(2)12-20)19(3)17(21)18-14-7-6-8-15(11-14)22-4/h6-8,11,13,16H,5,9-10,12H2,1-4H3,(H,18,21). The number of hydrogen-bond acceptors (Lipinski definition) is 3. The Kier molecular flexibility index (Phi) is 5.66. The Labute approximate surface area is 133 Å². The molecule has 1 aliphatic rings. The number of likely N-dealkylation sites (tertiary alicyclic amines) is 1. The van der Waals surface area contributed by atoms with Crippen LogP contribution in [-0.2, 0) is 0 Å². The number of amides is 2. The van der Waals surface area contributed by atoms with E-state index in [9.17, 15) is 4.79 Å². The monoisotopic (exact) mass is 305 g/mol. The van der Waals surface area contributed by atoms with E-state index < -0.39 is 0 Å². The summed E-state index contributed by atoms with van der Waals surface area (Å²) in [5, 5.41) is 2.95. The lowest BCUT2D eigenvalue weighted by molar-refractivity contribution is 0.101. The zero-order valence-corrected chi connectivity index (χ0v) is 14.0. The zero-order valence-electron chi connectivity index (χ0n) is 14.0. The minimum absolute atomic E-state index is 0.0601. The quantitative estimate of drug-likeness (QED) is 0.930. The number of nitrogens with one attached hydrogen (secondary N) is 1. The third-order valence-electron chi connectivity index (χ3n) is 4.53. The summed E-state index contributed by atoms with van der Waals surface area (Å²) in [6.45, 7) is 7.60. The highest BCUT2D eigenvalue weighted by molar-refractivity contribution is 5.89. The van der Waals surface area contributed by atoms with Gasteiger partial charge in [-0.2, -0.15) is 0 Å². The number of rotatable bonds is 4. The number of piperidine rings is 1. The molecule has 1 aromatic carbocycles. The first-order chi connectivity index (χ1) is 10.5. The molecule has 0 saturated carbocycles. The fourth-order valence-corrected chi connectivity index (χ4v) is 3.15. The van der Waals surface area contributed by atoms with Crippen LogP contribution in [0.25, 0.3) is 0 Å². The highest BCUT2D eigenvalue weighted by atomic mass is 16.5. The number of carbonyl (C=O) groups excluding carboxylic acids is 1. The van der Waals surface area contributed by atoms with E-state index in [0.29, 0.717) is 5.92 Å². The van der Waals surface area contributed by atoms with Gasteiger partial charge in [-0.25, -0.2) is 4.79 Å². The molecule has 2 amide bonds. The second-order valence-corrected chi connectivity index (χ2v) is 6.00. The molecule has 0 spiro atoms. The molecule has 0 radical (unpaired) electrons. The Balaban J connectivity index is 1.97. The van der Waals surface area contributed by atoms with Crippen molar-refractivity contribution in [2.24, 2.45) is 5.92 Å². The summed E-state index contributed by atoms with van der Waals surface area (Å²) < 4.78 is 5.18. The number of urea groups is 1. The van der Waals surface area contributed by atoms with Crippen LogP contribution in [0.3, 0.4) is 0 Å². The van der Waals surface area contributed by atoms with Crippen molar-refractivity contribution < 1.29 is 9.53 Å². The Morgan fingerprint density at radius 3 is 2.91 bits per heavy atom. The van der Waals surface area contributed by atoms with E-state index >= 15 is 0 Å². The largest absolute Gasteiger partial charge is 0.497 e. The van der Waals surface area contributed by atoms with E-state index in [2.05, 4.69) is 24.1 Å². The molecule has 1 aliphatic heterocycles. The molecule has 1 aromatic rings. The molecule has 1 N–H and O–H groups in total. The predicted molar refractivity (Wildman–Crippen MR) is 89.5 cm³/mol. The minimum Gasteiger partial charge on any atom is -0.497 e. The second-order valence-electron chi connectivity index (χ2n) is 6.00. The van der Waals surface area contributed by atoms with E-state index in [1.165, 1.54) is 0 Å². The van der Waals surface area contributed by atoms with E-state index in [4.69, 9.17) is 4.74 Å². The van der Waals surface area contributed by atoms with Crippen molar-refractivity contribution >= 4 is 11.7 Å². The molecular weight excluding hydrogens is 278 g/mol. The van der Waals surface area contributed by atoms with E-state index in [1.54, 1.807) is 7.11 Å². The summed E-state index contributed by atoms with van der Waals surface area (Å²) in [4.78, 5) is 16.8. The third-order valence-corrected chi connectivity index (χ3v) is 4.53. The third kappa shape index (κ3) is 3.91. The summed E-state index contributed by atoms with van der Waals surface area (Å²) in [6, 6.07) is 7.66. The van der Waals surface area contributed by atoms with Crippen LogP contribution >= 0.6 is 0 Å².